The van der Waals surface area contributed by atoms with Crippen LogP contribution in [0.4, 0.5) is 0 Å². The summed E-state index contributed by atoms with van der Waals surface area (Å²) in [6, 6.07) is 6.26. The van der Waals surface area contributed by atoms with Gasteiger partial charge in [0.15, 0.2) is 0 Å². The minimum atomic E-state index is -0.993. The highest BCUT2D eigenvalue weighted by molar-refractivity contribution is 5.88. The Balaban J connectivity index is 2.27. The number of benzene rings is 1. The van der Waals surface area contributed by atoms with Crippen LogP contribution in [0.5, 0.6) is 0 Å². The molecule has 0 aliphatic rings. The number of aryl methyl sites for hydroxylation is 2. The maximum Gasteiger partial charge on any atom is 0.341 e. The van der Waals surface area contributed by atoms with Gasteiger partial charge in [-0.25, -0.2) is 9.59 Å². The molecule has 3 aromatic rings. The summed E-state index contributed by atoms with van der Waals surface area (Å²) in [5.41, 5.74) is 3.14. The second-order valence-electron chi connectivity index (χ2n) is 5.38. The summed E-state index contributed by atoms with van der Waals surface area (Å²) >= 11 is 0. The highest BCUT2D eigenvalue weighted by atomic mass is 16.4. The average Bonchev–Trinajstić information content (AvgIpc) is 2.84. The lowest BCUT2D eigenvalue weighted by Gasteiger charge is -2.05. The van der Waals surface area contributed by atoms with Gasteiger partial charge in [-0.15, -0.1) is 0 Å². The Morgan fingerprint density at radius 1 is 1.26 bits per heavy atom. The van der Waals surface area contributed by atoms with Crippen LogP contribution in [0.1, 0.15) is 34.1 Å². The second-order valence-corrected chi connectivity index (χ2v) is 5.38. The Kier molecular flexibility index (Phi) is 3.52. The van der Waals surface area contributed by atoms with Gasteiger partial charge < -0.3 is 9.52 Å². The van der Waals surface area contributed by atoms with Crippen molar-refractivity contribution in [3.8, 4) is 5.69 Å². The topological polar surface area (TPSA) is 85.3 Å². The van der Waals surface area contributed by atoms with E-state index in [9.17, 15) is 9.59 Å². The summed E-state index contributed by atoms with van der Waals surface area (Å²) in [6.07, 6.45) is 0.599. The maximum absolute atomic E-state index is 12.1. The summed E-state index contributed by atoms with van der Waals surface area (Å²) in [7, 11) is 0. The molecular weight excluding hydrogens is 296 g/mol. The molecule has 0 atom stereocenters. The third-order valence-corrected chi connectivity index (χ3v) is 3.99. The van der Waals surface area contributed by atoms with Gasteiger partial charge in [0.2, 0.25) is 5.71 Å². The highest BCUT2D eigenvalue weighted by Crippen LogP contribution is 2.25. The first-order valence-corrected chi connectivity index (χ1v) is 7.29. The summed E-state index contributed by atoms with van der Waals surface area (Å²) < 4.78 is 7.01. The number of aromatic nitrogens is 2. The normalized spacial score (nSPS) is 11.1. The number of aromatic carboxylic acids is 1. The van der Waals surface area contributed by atoms with E-state index in [0.29, 0.717) is 23.4 Å². The number of hydrogen-bond acceptors (Lipinski definition) is 4. The number of nitrogens with zero attached hydrogens (tertiary/aromatic N) is 2. The van der Waals surface area contributed by atoms with Crippen molar-refractivity contribution in [1.29, 1.82) is 0 Å². The fourth-order valence-corrected chi connectivity index (χ4v) is 2.82. The Labute approximate surface area is 132 Å². The largest absolute Gasteiger partial charge is 0.478 e. The molecule has 0 spiro atoms. The van der Waals surface area contributed by atoms with Gasteiger partial charge in [0.25, 0.3) is 0 Å². The molecule has 0 fully saturated rings. The smallest absolute Gasteiger partial charge is 0.341 e. The van der Waals surface area contributed by atoms with Gasteiger partial charge in [0, 0.05) is 5.56 Å². The van der Waals surface area contributed by atoms with Crippen molar-refractivity contribution in [2.75, 3.05) is 0 Å². The molecule has 0 amide bonds. The number of carbonyl (C=O) groups is 1. The molecule has 23 heavy (non-hydrogen) atoms. The third-order valence-electron chi connectivity index (χ3n) is 3.99. The minimum absolute atomic E-state index is 0.188. The zero-order valence-corrected chi connectivity index (χ0v) is 13.1. The van der Waals surface area contributed by atoms with E-state index >= 15 is 0 Å². The molecule has 6 nitrogen and oxygen atoms in total. The van der Waals surface area contributed by atoms with Crippen LogP contribution >= 0.6 is 0 Å². The Morgan fingerprint density at radius 3 is 2.48 bits per heavy atom. The van der Waals surface area contributed by atoms with Crippen molar-refractivity contribution in [3.63, 3.8) is 0 Å². The lowest BCUT2D eigenvalue weighted by Crippen LogP contribution is -2.10. The fourth-order valence-electron chi connectivity index (χ4n) is 2.82. The van der Waals surface area contributed by atoms with Gasteiger partial charge >= 0.3 is 11.6 Å². The SMILES string of the molecule is CCc1c(C)c2c(C)nn(-c3ccc(C(=O)O)cc3)c2oc1=O. The summed E-state index contributed by atoms with van der Waals surface area (Å²) in [5.74, 6) is -0.993. The molecule has 1 N–H and O–H groups in total. The quantitative estimate of drug-likeness (QED) is 0.803. The molecule has 6 heteroatoms. The predicted octanol–water partition coefficient (Wildman–Crippen LogP) is 2.86. The van der Waals surface area contributed by atoms with Crippen LogP contribution in [-0.4, -0.2) is 20.9 Å². The Morgan fingerprint density at radius 2 is 1.91 bits per heavy atom. The van der Waals surface area contributed by atoms with E-state index < -0.39 is 5.97 Å². The molecule has 0 saturated carbocycles. The number of carboxylic acid groups (broad SMARTS) is 1. The molecule has 0 unspecified atom stereocenters. The van der Waals surface area contributed by atoms with Crippen LogP contribution in [0, 0.1) is 13.8 Å². The highest BCUT2D eigenvalue weighted by Gasteiger charge is 2.18. The van der Waals surface area contributed by atoms with E-state index in [4.69, 9.17) is 9.52 Å². The van der Waals surface area contributed by atoms with Crippen molar-refractivity contribution in [3.05, 3.63) is 57.1 Å². The van der Waals surface area contributed by atoms with Crippen LogP contribution in [0.15, 0.2) is 33.5 Å². The number of carboxylic acids is 1. The van der Waals surface area contributed by atoms with Gasteiger partial charge in [-0.2, -0.15) is 9.78 Å². The van der Waals surface area contributed by atoms with Crippen molar-refractivity contribution >= 4 is 17.1 Å². The standard InChI is InChI=1S/C17H16N2O4/c1-4-13-9(2)14-10(3)18-19(15(14)23-17(13)22)12-7-5-11(6-8-12)16(20)21/h5-8H,4H2,1-3H3,(H,20,21). The van der Waals surface area contributed by atoms with Crippen molar-refractivity contribution in [1.82, 2.24) is 9.78 Å². The molecule has 1 aromatic carbocycles. The van der Waals surface area contributed by atoms with Crippen molar-refractivity contribution in [2.24, 2.45) is 0 Å². The lowest BCUT2D eigenvalue weighted by atomic mass is 10.1. The van der Waals surface area contributed by atoms with Crippen LogP contribution < -0.4 is 5.63 Å². The molecule has 0 aliphatic heterocycles. The predicted molar refractivity (Wildman–Crippen MR) is 85.4 cm³/mol. The lowest BCUT2D eigenvalue weighted by molar-refractivity contribution is 0.0697. The van der Waals surface area contributed by atoms with Gasteiger partial charge in [0.05, 0.1) is 22.3 Å². The molecule has 2 heterocycles. The fraction of sp³-hybridized carbons (Fsp3) is 0.235. The van der Waals surface area contributed by atoms with Crippen LogP contribution in [0.25, 0.3) is 16.8 Å². The first-order chi connectivity index (χ1) is 10.9. The molecule has 118 valence electrons. The molecular formula is C17H16N2O4. The van der Waals surface area contributed by atoms with Gasteiger partial charge in [0.1, 0.15) is 0 Å². The second kappa shape index (κ2) is 5.39. The van der Waals surface area contributed by atoms with E-state index in [0.717, 1.165) is 16.6 Å². The van der Waals surface area contributed by atoms with Gasteiger partial charge in [-0.1, -0.05) is 6.92 Å². The van der Waals surface area contributed by atoms with E-state index in [1.54, 1.807) is 12.1 Å². The number of rotatable bonds is 3. The van der Waals surface area contributed by atoms with E-state index in [-0.39, 0.29) is 11.2 Å². The van der Waals surface area contributed by atoms with E-state index in [1.165, 1.54) is 16.8 Å². The number of hydrogen-bond donors (Lipinski definition) is 1. The average molecular weight is 312 g/mol. The zero-order chi connectivity index (χ0) is 16.7. The third kappa shape index (κ3) is 2.32. The Hall–Kier alpha value is -2.89. The zero-order valence-electron chi connectivity index (χ0n) is 13.1. The first-order valence-electron chi connectivity index (χ1n) is 7.29. The first kappa shape index (κ1) is 15.0. The molecule has 0 aliphatic carbocycles. The van der Waals surface area contributed by atoms with Crippen molar-refractivity contribution < 1.29 is 14.3 Å². The molecule has 3 rings (SSSR count). The molecule has 2 aromatic heterocycles. The van der Waals surface area contributed by atoms with E-state index in [2.05, 4.69) is 5.10 Å². The van der Waals surface area contributed by atoms with E-state index in [1.807, 2.05) is 20.8 Å². The molecule has 0 bridgehead atoms. The van der Waals surface area contributed by atoms with Crippen LogP contribution in [0.2, 0.25) is 0 Å². The maximum atomic E-state index is 12.1. The molecule has 0 radical (unpaired) electrons. The van der Waals surface area contributed by atoms with Gasteiger partial charge in [-0.05, 0) is 50.1 Å². The summed E-state index contributed by atoms with van der Waals surface area (Å²) in [4.78, 5) is 23.1. The van der Waals surface area contributed by atoms with Crippen LogP contribution in [-0.2, 0) is 6.42 Å². The van der Waals surface area contributed by atoms with Gasteiger partial charge in [-0.3, -0.25) is 0 Å². The van der Waals surface area contributed by atoms with Crippen LogP contribution in [0.3, 0.4) is 0 Å². The monoisotopic (exact) mass is 312 g/mol. The molecule has 0 saturated heterocycles. The number of fused-ring (bicyclic) bond motifs is 1. The minimum Gasteiger partial charge on any atom is -0.478 e. The Bertz CT molecular complexity index is 965. The summed E-state index contributed by atoms with van der Waals surface area (Å²) in [5, 5.41) is 14.2. The van der Waals surface area contributed by atoms with Crippen molar-refractivity contribution in [2.45, 2.75) is 27.2 Å². The summed E-state index contributed by atoms with van der Waals surface area (Å²) in [6.45, 7) is 5.66.